The van der Waals surface area contributed by atoms with Crippen LogP contribution in [0.3, 0.4) is 0 Å². The van der Waals surface area contributed by atoms with Gasteiger partial charge in [0.1, 0.15) is 6.04 Å². The molecular formula is C19H24N4O3S. The van der Waals surface area contributed by atoms with Crippen LogP contribution in [0.25, 0.3) is 0 Å². The average molecular weight is 388 g/mol. The molecule has 7 nitrogen and oxygen atoms in total. The van der Waals surface area contributed by atoms with Gasteiger partial charge in [0.25, 0.3) is 5.91 Å². The Balaban J connectivity index is 1.51. The molecule has 27 heavy (non-hydrogen) atoms. The third-order valence-corrected chi connectivity index (χ3v) is 5.10. The number of carbonyl (C=O) groups excluding carboxylic acids is 2. The van der Waals surface area contributed by atoms with Gasteiger partial charge in [-0.05, 0) is 26.0 Å². The third kappa shape index (κ3) is 5.59. The molecule has 0 spiro atoms. The van der Waals surface area contributed by atoms with Crippen LogP contribution in [0.1, 0.15) is 28.5 Å². The zero-order chi connectivity index (χ0) is 19.2. The number of nitrogens with one attached hydrogen (secondary N) is 2. The molecular weight excluding hydrogens is 364 g/mol. The summed E-state index contributed by atoms with van der Waals surface area (Å²) in [6, 6.07) is 6.60. The van der Waals surface area contributed by atoms with Crippen LogP contribution in [-0.4, -0.2) is 54.0 Å². The molecule has 0 aliphatic carbocycles. The normalized spacial score (nSPS) is 15.9. The van der Waals surface area contributed by atoms with E-state index < -0.39 is 6.04 Å². The molecule has 2 heterocycles. The van der Waals surface area contributed by atoms with Crippen LogP contribution >= 0.6 is 11.3 Å². The summed E-state index contributed by atoms with van der Waals surface area (Å²) in [6.07, 6.45) is 0. The molecule has 0 radical (unpaired) electrons. The number of aromatic nitrogens is 1. The van der Waals surface area contributed by atoms with Gasteiger partial charge in [0, 0.05) is 30.6 Å². The van der Waals surface area contributed by atoms with Crippen LogP contribution in [0.15, 0.2) is 29.6 Å². The fourth-order valence-electron chi connectivity index (χ4n) is 2.77. The number of morpholine rings is 1. The Kier molecular flexibility index (Phi) is 6.54. The zero-order valence-electron chi connectivity index (χ0n) is 15.5. The van der Waals surface area contributed by atoms with E-state index >= 15 is 0 Å². The second-order valence-electron chi connectivity index (χ2n) is 6.59. The zero-order valence-corrected chi connectivity index (χ0v) is 16.3. The highest BCUT2D eigenvalue weighted by Crippen LogP contribution is 2.17. The molecule has 2 aromatic rings. The molecule has 1 aromatic carbocycles. The number of aryl methyl sites for hydroxylation is 1. The highest BCUT2D eigenvalue weighted by Gasteiger charge is 2.18. The molecule has 0 unspecified atom stereocenters. The van der Waals surface area contributed by atoms with E-state index in [0.29, 0.717) is 10.7 Å². The smallest absolute Gasteiger partial charge is 0.251 e. The first kappa shape index (κ1) is 19.5. The van der Waals surface area contributed by atoms with Crippen molar-refractivity contribution in [2.75, 3.05) is 31.6 Å². The number of hydrogen-bond acceptors (Lipinski definition) is 6. The first-order chi connectivity index (χ1) is 13.0. The van der Waals surface area contributed by atoms with Crippen molar-refractivity contribution >= 4 is 28.3 Å². The lowest BCUT2D eigenvalue weighted by molar-refractivity contribution is -0.117. The Labute approximate surface area is 162 Å². The SMILES string of the molecule is Cc1cccc(C(=O)N[C@H](C)C(=O)Nc2nc(CN3CCOCC3)cs2)c1. The molecule has 1 fully saturated rings. The van der Waals surface area contributed by atoms with Crippen molar-refractivity contribution < 1.29 is 14.3 Å². The standard InChI is InChI=1S/C19H24N4O3S/c1-13-4-3-5-15(10-13)18(25)20-14(2)17(24)22-19-21-16(12-27-19)11-23-6-8-26-9-7-23/h3-5,10,12,14H,6-9,11H2,1-2H3,(H,20,25)(H,21,22,24)/t14-/m1/s1. The first-order valence-electron chi connectivity index (χ1n) is 8.94. The third-order valence-electron chi connectivity index (χ3n) is 4.29. The summed E-state index contributed by atoms with van der Waals surface area (Å²) in [6.45, 7) is 7.59. The number of anilines is 1. The fraction of sp³-hybridized carbons (Fsp3) is 0.421. The van der Waals surface area contributed by atoms with Gasteiger partial charge in [-0.1, -0.05) is 17.7 Å². The van der Waals surface area contributed by atoms with Crippen LogP contribution in [0.4, 0.5) is 5.13 Å². The van der Waals surface area contributed by atoms with E-state index in [1.807, 2.05) is 24.4 Å². The minimum atomic E-state index is -0.662. The molecule has 1 aliphatic rings. The van der Waals surface area contributed by atoms with Gasteiger partial charge in [0.15, 0.2) is 5.13 Å². The first-order valence-corrected chi connectivity index (χ1v) is 9.82. The van der Waals surface area contributed by atoms with E-state index in [1.54, 1.807) is 19.1 Å². The highest BCUT2D eigenvalue weighted by molar-refractivity contribution is 7.13. The quantitative estimate of drug-likeness (QED) is 0.791. The molecule has 1 saturated heterocycles. The summed E-state index contributed by atoms with van der Waals surface area (Å²) in [5, 5.41) is 7.98. The Morgan fingerprint density at radius 1 is 1.33 bits per heavy atom. The second kappa shape index (κ2) is 9.07. The summed E-state index contributed by atoms with van der Waals surface area (Å²) in [5.74, 6) is -0.559. The second-order valence-corrected chi connectivity index (χ2v) is 7.44. The number of nitrogens with zero attached hydrogens (tertiary/aromatic N) is 2. The van der Waals surface area contributed by atoms with Crippen molar-refractivity contribution in [1.82, 2.24) is 15.2 Å². The average Bonchev–Trinajstić information content (AvgIpc) is 3.09. The fourth-order valence-corrected chi connectivity index (χ4v) is 3.48. The van der Waals surface area contributed by atoms with Crippen molar-refractivity contribution in [3.63, 3.8) is 0 Å². The van der Waals surface area contributed by atoms with Crippen LogP contribution < -0.4 is 10.6 Å². The maximum absolute atomic E-state index is 12.4. The largest absolute Gasteiger partial charge is 0.379 e. The Bertz CT molecular complexity index is 802. The van der Waals surface area contributed by atoms with Crippen LogP contribution in [0.2, 0.25) is 0 Å². The van der Waals surface area contributed by atoms with Gasteiger partial charge in [-0.2, -0.15) is 0 Å². The van der Waals surface area contributed by atoms with E-state index in [4.69, 9.17) is 4.74 Å². The highest BCUT2D eigenvalue weighted by atomic mass is 32.1. The number of ether oxygens (including phenoxy) is 1. The number of rotatable bonds is 6. The summed E-state index contributed by atoms with van der Waals surface area (Å²) in [7, 11) is 0. The number of carbonyl (C=O) groups is 2. The molecule has 1 atom stereocenters. The number of thiazole rings is 1. The number of benzene rings is 1. The molecule has 1 aromatic heterocycles. The minimum absolute atomic E-state index is 0.270. The van der Waals surface area contributed by atoms with Crippen molar-refractivity contribution in [2.45, 2.75) is 26.4 Å². The van der Waals surface area contributed by atoms with Gasteiger partial charge in [-0.15, -0.1) is 11.3 Å². The molecule has 2 amide bonds. The van der Waals surface area contributed by atoms with Gasteiger partial charge in [0.2, 0.25) is 5.91 Å². The Morgan fingerprint density at radius 2 is 2.11 bits per heavy atom. The number of amides is 2. The lowest BCUT2D eigenvalue weighted by atomic mass is 10.1. The molecule has 144 valence electrons. The van der Waals surface area contributed by atoms with Gasteiger partial charge in [0.05, 0.1) is 18.9 Å². The molecule has 1 aliphatic heterocycles. The van der Waals surface area contributed by atoms with Gasteiger partial charge in [-0.3, -0.25) is 14.5 Å². The lowest BCUT2D eigenvalue weighted by Crippen LogP contribution is -2.41. The number of hydrogen-bond donors (Lipinski definition) is 2. The van der Waals surface area contributed by atoms with E-state index in [1.165, 1.54) is 11.3 Å². The maximum Gasteiger partial charge on any atom is 0.251 e. The molecule has 3 rings (SSSR count). The van der Waals surface area contributed by atoms with Crippen molar-refractivity contribution in [3.05, 3.63) is 46.5 Å². The Hall–Kier alpha value is -2.29. The van der Waals surface area contributed by atoms with Gasteiger partial charge >= 0.3 is 0 Å². The van der Waals surface area contributed by atoms with Crippen LogP contribution in [-0.2, 0) is 16.1 Å². The molecule has 2 N–H and O–H groups in total. The summed E-state index contributed by atoms with van der Waals surface area (Å²) in [4.78, 5) is 31.4. The summed E-state index contributed by atoms with van der Waals surface area (Å²) >= 11 is 1.39. The topological polar surface area (TPSA) is 83.6 Å². The van der Waals surface area contributed by atoms with Crippen LogP contribution in [0.5, 0.6) is 0 Å². The maximum atomic E-state index is 12.4. The van der Waals surface area contributed by atoms with E-state index in [0.717, 1.165) is 44.1 Å². The van der Waals surface area contributed by atoms with Gasteiger partial charge in [-0.25, -0.2) is 4.98 Å². The summed E-state index contributed by atoms with van der Waals surface area (Å²) < 4.78 is 5.34. The Morgan fingerprint density at radius 3 is 2.85 bits per heavy atom. The van der Waals surface area contributed by atoms with Crippen molar-refractivity contribution in [3.8, 4) is 0 Å². The molecule has 8 heteroatoms. The minimum Gasteiger partial charge on any atom is -0.379 e. The monoisotopic (exact) mass is 388 g/mol. The van der Waals surface area contributed by atoms with E-state index in [9.17, 15) is 9.59 Å². The van der Waals surface area contributed by atoms with E-state index in [-0.39, 0.29) is 11.8 Å². The predicted octanol–water partition coefficient (Wildman–Crippen LogP) is 2.04. The predicted molar refractivity (Wildman–Crippen MR) is 105 cm³/mol. The van der Waals surface area contributed by atoms with Crippen LogP contribution in [0, 0.1) is 6.92 Å². The molecule has 0 bridgehead atoms. The van der Waals surface area contributed by atoms with Gasteiger partial charge < -0.3 is 15.4 Å². The van der Waals surface area contributed by atoms with Crippen molar-refractivity contribution in [2.24, 2.45) is 0 Å². The summed E-state index contributed by atoms with van der Waals surface area (Å²) in [5.41, 5.74) is 2.46. The van der Waals surface area contributed by atoms with E-state index in [2.05, 4.69) is 20.5 Å². The van der Waals surface area contributed by atoms with Crippen molar-refractivity contribution in [1.29, 1.82) is 0 Å². The molecule has 0 saturated carbocycles. The lowest BCUT2D eigenvalue weighted by Gasteiger charge is -2.25.